The van der Waals surface area contributed by atoms with Crippen LogP contribution in [-0.2, 0) is 0 Å². The van der Waals surface area contributed by atoms with Gasteiger partial charge in [-0.2, -0.15) is 4.86 Å². The zero-order chi connectivity index (χ0) is 6.53. The molecular formula is C5H13ClN2P2. The van der Waals surface area contributed by atoms with Gasteiger partial charge in [-0.3, -0.25) is 0 Å². The van der Waals surface area contributed by atoms with E-state index in [1.807, 2.05) is 0 Å². The molecule has 60 valence electrons. The van der Waals surface area contributed by atoms with Gasteiger partial charge in [-0.15, -0.1) is 0 Å². The maximum absolute atomic E-state index is 3.05. The van der Waals surface area contributed by atoms with Crippen molar-refractivity contribution in [3.63, 3.8) is 0 Å². The molecule has 0 aromatic carbocycles. The van der Waals surface area contributed by atoms with Gasteiger partial charge in [0.2, 0.25) is 0 Å². The van der Waals surface area contributed by atoms with Crippen molar-refractivity contribution in [1.29, 1.82) is 0 Å². The summed E-state index contributed by atoms with van der Waals surface area (Å²) < 4.78 is 2.41. The van der Waals surface area contributed by atoms with Gasteiger partial charge in [0.1, 0.15) is 13.1 Å². The van der Waals surface area contributed by atoms with Gasteiger partial charge in [0, 0.05) is 12.8 Å². The summed E-state index contributed by atoms with van der Waals surface area (Å²) in [6, 6.07) is 0. The Morgan fingerprint density at radius 2 is 1.80 bits per heavy atom. The van der Waals surface area contributed by atoms with Gasteiger partial charge in [-0.05, 0) is 6.42 Å². The summed E-state index contributed by atoms with van der Waals surface area (Å²) in [6.07, 6.45) is 4.17. The highest BCUT2D eigenvalue weighted by Gasteiger charge is 2.09. The van der Waals surface area contributed by atoms with Gasteiger partial charge in [0.25, 0.3) is 0 Å². The fourth-order valence-electron chi connectivity index (χ4n) is 1.06. The van der Waals surface area contributed by atoms with Crippen LogP contribution in [0, 0.1) is 0 Å². The molecule has 5 heteroatoms. The zero-order valence-electron chi connectivity index (χ0n) is 5.89. The molecule has 0 aromatic rings. The maximum Gasteiger partial charge on any atom is 0.308 e. The fraction of sp³-hybridized carbons (Fsp3) is 1.00. The fourth-order valence-corrected chi connectivity index (χ4v) is 2.19. The van der Waals surface area contributed by atoms with Gasteiger partial charge in [-0.1, -0.05) is 9.39 Å². The Kier molecular flexibility index (Phi) is 6.99. The van der Waals surface area contributed by atoms with E-state index in [0.29, 0.717) is 0 Å². The molecule has 1 atom stereocenters. The Hall–Kier alpha value is 0.780. The minimum absolute atomic E-state index is 0. The van der Waals surface area contributed by atoms with Crippen molar-refractivity contribution in [2.75, 3.05) is 13.1 Å². The minimum Gasteiger partial charge on any atom is -1.00 e. The molecule has 0 saturated carbocycles. The monoisotopic (exact) mass is 198 g/mol. The second kappa shape index (κ2) is 6.49. The summed E-state index contributed by atoms with van der Waals surface area (Å²) in [5.41, 5.74) is 0. The van der Waals surface area contributed by atoms with Crippen LogP contribution in [0.25, 0.3) is 0 Å². The number of hydrogen-bond donors (Lipinski definition) is 1. The lowest BCUT2D eigenvalue weighted by molar-refractivity contribution is -0.514. The Balaban J connectivity index is 0.000000810. The van der Waals surface area contributed by atoms with E-state index in [0.717, 1.165) is 0 Å². The molecule has 0 aromatic heterocycles. The molecule has 0 aliphatic carbocycles. The van der Waals surface area contributed by atoms with Crippen molar-refractivity contribution in [3.8, 4) is 0 Å². The lowest BCUT2D eigenvalue weighted by atomic mass is 10.2. The van der Waals surface area contributed by atoms with Gasteiger partial charge < -0.3 is 12.4 Å². The Bertz CT molecular complexity index is 110. The van der Waals surface area contributed by atoms with Gasteiger partial charge in [-0.25, -0.2) is 4.33 Å². The molecule has 1 N–H and O–H groups in total. The molecule has 1 aliphatic rings. The number of hydrogen-bond acceptors (Lipinski definition) is 0. The first-order chi connectivity index (χ1) is 4.43. The predicted molar refractivity (Wildman–Crippen MR) is 43.6 cm³/mol. The molecule has 2 nitrogen and oxygen atoms in total. The van der Waals surface area contributed by atoms with Crippen LogP contribution >= 0.6 is 17.9 Å². The van der Waals surface area contributed by atoms with Crippen molar-refractivity contribution in [3.05, 3.63) is 0 Å². The standard InChI is InChI=1S/C5H12N2P2.ClH/c8-6-9-7-4-2-1-3-5-7;/h1-5,8H2;1H. The SMILES string of the molecule is PNP=[N+]1CCCCC1.[Cl-]. The smallest absolute Gasteiger partial charge is 0.308 e. The molecule has 0 spiro atoms. The lowest BCUT2D eigenvalue weighted by Crippen LogP contribution is -3.00. The summed E-state index contributed by atoms with van der Waals surface area (Å²) >= 11 is 0. The number of piperidine rings is 1. The summed E-state index contributed by atoms with van der Waals surface area (Å²) in [5.74, 6) is 0. The van der Waals surface area contributed by atoms with E-state index < -0.39 is 0 Å². The second-order valence-electron chi connectivity index (χ2n) is 2.24. The minimum atomic E-state index is 0. The van der Waals surface area contributed by atoms with E-state index in [2.05, 4.69) is 18.6 Å². The van der Waals surface area contributed by atoms with Crippen LogP contribution in [0.3, 0.4) is 0 Å². The third kappa shape index (κ3) is 3.83. The van der Waals surface area contributed by atoms with E-state index in [1.54, 1.807) is 0 Å². The number of halogens is 1. The van der Waals surface area contributed by atoms with Crippen molar-refractivity contribution in [1.82, 2.24) is 4.86 Å². The highest BCUT2D eigenvalue weighted by molar-refractivity contribution is 7.35. The van der Waals surface area contributed by atoms with Crippen LogP contribution in [-0.4, -0.2) is 17.4 Å². The van der Waals surface area contributed by atoms with Gasteiger partial charge in [0.15, 0.2) is 0 Å². The molecule has 0 amide bonds. The van der Waals surface area contributed by atoms with E-state index in [-0.39, 0.29) is 12.4 Å². The van der Waals surface area contributed by atoms with Gasteiger partial charge >= 0.3 is 8.52 Å². The Morgan fingerprint density at radius 1 is 1.20 bits per heavy atom. The topological polar surface area (TPSA) is 15.0 Å². The normalized spacial score (nSPS) is 18.7. The van der Waals surface area contributed by atoms with E-state index in [1.165, 1.54) is 40.9 Å². The summed E-state index contributed by atoms with van der Waals surface area (Å²) in [7, 11) is 3.78. The predicted octanol–water partition coefficient (Wildman–Crippen LogP) is -1.39. The third-order valence-electron chi connectivity index (χ3n) is 1.53. The Morgan fingerprint density at radius 3 is 2.30 bits per heavy atom. The average molecular weight is 199 g/mol. The lowest BCUT2D eigenvalue weighted by Gasteiger charge is -2.06. The average Bonchev–Trinajstić information content (AvgIpc) is 1.91. The molecule has 1 aliphatic heterocycles. The first-order valence-electron chi connectivity index (χ1n) is 3.34. The molecule has 0 radical (unpaired) electrons. The van der Waals surface area contributed by atoms with E-state index in [4.69, 9.17) is 0 Å². The first kappa shape index (κ1) is 10.8. The van der Waals surface area contributed by atoms with E-state index in [9.17, 15) is 0 Å². The van der Waals surface area contributed by atoms with Gasteiger partial charge in [0.05, 0.1) is 0 Å². The summed E-state index contributed by atoms with van der Waals surface area (Å²) in [5, 5.41) is 0. The molecule has 1 unspecified atom stereocenters. The number of nitrogens with zero attached hydrogens (tertiary/aromatic N) is 1. The maximum atomic E-state index is 3.05. The van der Waals surface area contributed by atoms with Crippen LogP contribution in [0.2, 0.25) is 0 Å². The van der Waals surface area contributed by atoms with Crippen LogP contribution in [0.4, 0.5) is 0 Å². The van der Waals surface area contributed by atoms with Crippen LogP contribution < -0.4 is 17.3 Å². The quantitative estimate of drug-likeness (QED) is 0.513. The van der Waals surface area contributed by atoms with Crippen LogP contribution in [0.5, 0.6) is 0 Å². The highest BCUT2D eigenvalue weighted by atomic mass is 35.5. The van der Waals surface area contributed by atoms with Crippen molar-refractivity contribution >= 4 is 17.9 Å². The molecule has 1 fully saturated rings. The molecule has 0 bridgehead atoms. The van der Waals surface area contributed by atoms with Crippen molar-refractivity contribution in [2.45, 2.75) is 19.3 Å². The second-order valence-corrected chi connectivity index (χ2v) is 4.04. The first-order valence-corrected chi connectivity index (χ1v) is 4.77. The highest BCUT2D eigenvalue weighted by Crippen LogP contribution is 2.08. The molecular weight excluding hydrogens is 185 g/mol. The number of rotatable bonds is 1. The van der Waals surface area contributed by atoms with Crippen molar-refractivity contribution in [2.24, 2.45) is 0 Å². The summed E-state index contributed by atoms with van der Waals surface area (Å²) in [6.45, 7) is 2.53. The van der Waals surface area contributed by atoms with Crippen LogP contribution in [0.15, 0.2) is 0 Å². The Labute approximate surface area is 72.4 Å². The van der Waals surface area contributed by atoms with Crippen molar-refractivity contribution < 1.29 is 16.7 Å². The van der Waals surface area contributed by atoms with Crippen LogP contribution in [0.1, 0.15) is 19.3 Å². The summed E-state index contributed by atoms with van der Waals surface area (Å²) in [4.78, 5) is 3.05. The number of nitrogens with one attached hydrogen (secondary N) is 1. The molecule has 10 heavy (non-hydrogen) atoms. The largest absolute Gasteiger partial charge is 1.00 e. The molecule has 1 saturated heterocycles. The molecule has 1 rings (SSSR count). The van der Waals surface area contributed by atoms with E-state index >= 15 is 0 Å². The molecule has 1 heterocycles. The third-order valence-corrected chi connectivity index (χ3v) is 2.68. The zero-order valence-corrected chi connectivity index (χ0v) is 8.69.